The summed E-state index contributed by atoms with van der Waals surface area (Å²) in [7, 11) is 4.35. The fourth-order valence-electron chi connectivity index (χ4n) is 5.19. The van der Waals surface area contributed by atoms with Crippen LogP contribution in [0.1, 0.15) is 18.4 Å². The van der Waals surface area contributed by atoms with Gasteiger partial charge in [0.2, 0.25) is 5.88 Å². The van der Waals surface area contributed by atoms with Crippen molar-refractivity contribution in [3.05, 3.63) is 48.5 Å². The summed E-state index contributed by atoms with van der Waals surface area (Å²) in [4.78, 5) is 24.3. The third-order valence-electron chi connectivity index (χ3n) is 7.44. The van der Waals surface area contributed by atoms with Gasteiger partial charge < -0.3 is 19.5 Å². The minimum Gasteiger partial charge on any atom is -0.474 e. The predicted molar refractivity (Wildman–Crippen MR) is 139 cm³/mol. The Morgan fingerprint density at radius 2 is 1.71 bits per heavy atom. The number of fused-ring (bicyclic) bond motifs is 2. The highest BCUT2D eigenvalue weighted by atomic mass is 16.5. The molecular weight excluding hydrogens is 438 g/mol. The number of hydrogen-bond donors (Lipinski definition) is 1. The number of piperidine rings is 1. The van der Waals surface area contributed by atoms with Crippen LogP contribution in [0.15, 0.2) is 43.0 Å². The van der Waals surface area contributed by atoms with Crippen LogP contribution in [-0.4, -0.2) is 94.1 Å². The summed E-state index contributed by atoms with van der Waals surface area (Å²) in [6, 6.07) is 8.64. The van der Waals surface area contributed by atoms with Gasteiger partial charge in [0.15, 0.2) is 0 Å². The average Bonchev–Trinajstić information content (AvgIpc) is 3.30. The van der Waals surface area contributed by atoms with Gasteiger partial charge in [-0.05, 0) is 56.3 Å². The van der Waals surface area contributed by atoms with Crippen molar-refractivity contribution in [1.82, 2.24) is 34.6 Å². The summed E-state index contributed by atoms with van der Waals surface area (Å²) in [6.45, 7) is 7.47. The van der Waals surface area contributed by atoms with Crippen LogP contribution >= 0.6 is 0 Å². The number of likely N-dealkylation sites (N-methyl/N-ethyl adjacent to an activating group) is 1. The van der Waals surface area contributed by atoms with Crippen molar-refractivity contribution in [2.45, 2.75) is 25.5 Å². The molecule has 8 heteroatoms. The molecule has 0 amide bonds. The SMILES string of the molecule is CN1CCC(Oc2ncnc3ccc(-c4c[nH]c5ncc(CN6CCN(C)CC6)cc45)cc23)CC1. The number of hydrogen-bond acceptors (Lipinski definition) is 7. The zero-order valence-electron chi connectivity index (χ0n) is 20.6. The quantitative estimate of drug-likeness (QED) is 0.478. The second kappa shape index (κ2) is 9.53. The van der Waals surface area contributed by atoms with Crippen LogP contribution in [0.5, 0.6) is 5.88 Å². The second-order valence-corrected chi connectivity index (χ2v) is 10.1. The molecule has 0 saturated carbocycles. The number of rotatable bonds is 5. The molecule has 0 radical (unpaired) electrons. The number of nitrogens with one attached hydrogen (secondary N) is 1. The molecule has 6 rings (SSSR count). The minimum absolute atomic E-state index is 0.197. The van der Waals surface area contributed by atoms with Gasteiger partial charge in [0.25, 0.3) is 0 Å². The molecule has 3 aromatic heterocycles. The number of piperazine rings is 1. The van der Waals surface area contributed by atoms with E-state index < -0.39 is 0 Å². The van der Waals surface area contributed by atoms with Crippen molar-refractivity contribution in [3.63, 3.8) is 0 Å². The molecule has 2 fully saturated rings. The highest BCUT2D eigenvalue weighted by Crippen LogP contribution is 2.33. The lowest BCUT2D eigenvalue weighted by molar-refractivity contribution is 0.111. The van der Waals surface area contributed by atoms with Crippen molar-refractivity contribution in [2.24, 2.45) is 0 Å². The number of pyridine rings is 1. The summed E-state index contributed by atoms with van der Waals surface area (Å²) in [5.74, 6) is 0.681. The lowest BCUT2D eigenvalue weighted by atomic mass is 10.0. The van der Waals surface area contributed by atoms with Crippen LogP contribution in [0, 0.1) is 0 Å². The summed E-state index contributed by atoms with van der Waals surface area (Å²) in [5.41, 5.74) is 5.32. The summed E-state index contributed by atoms with van der Waals surface area (Å²) < 4.78 is 6.38. The molecule has 2 aliphatic heterocycles. The van der Waals surface area contributed by atoms with Gasteiger partial charge in [-0.2, -0.15) is 0 Å². The van der Waals surface area contributed by atoms with Gasteiger partial charge >= 0.3 is 0 Å². The lowest BCUT2D eigenvalue weighted by Crippen LogP contribution is -2.43. The Kier molecular flexibility index (Phi) is 6.10. The topological polar surface area (TPSA) is 73.4 Å². The maximum Gasteiger partial charge on any atom is 0.224 e. The highest BCUT2D eigenvalue weighted by molar-refractivity contribution is 5.97. The normalized spacial score (nSPS) is 19.0. The van der Waals surface area contributed by atoms with Gasteiger partial charge in [-0.1, -0.05) is 6.07 Å². The van der Waals surface area contributed by atoms with Gasteiger partial charge in [-0.15, -0.1) is 0 Å². The molecule has 1 N–H and O–H groups in total. The Bertz CT molecular complexity index is 1320. The number of aromatic nitrogens is 4. The zero-order valence-corrected chi connectivity index (χ0v) is 20.6. The van der Waals surface area contributed by atoms with Crippen LogP contribution in [-0.2, 0) is 6.54 Å². The number of H-pyrrole nitrogens is 1. The Morgan fingerprint density at radius 1 is 0.914 bits per heavy atom. The predicted octanol–water partition coefficient (Wildman–Crippen LogP) is 3.39. The number of likely N-dealkylation sites (tertiary alicyclic amines) is 1. The van der Waals surface area contributed by atoms with Crippen LogP contribution < -0.4 is 4.74 Å². The van der Waals surface area contributed by atoms with Crippen molar-refractivity contribution >= 4 is 21.9 Å². The van der Waals surface area contributed by atoms with Gasteiger partial charge in [-0.3, -0.25) is 4.90 Å². The molecular formula is C27H33N7O. The first-order chi connectivity index (χ1) is 17.1. The Labute approximate surface area is 205 Å². The fourth-order valence-corrected chi connectivity index (χ4v) is 5.19. The molecule has 35 heavy (non-hydrogen) atoms. The molecule has 0 bridgehead atoms. The molecule has 1 aromatic carbocycles. The maximum atomic E-state index is 6.38. The van der Waals surface area contributed by atoms with E-state index in [1.807, 2.05) is 6.20 Å². The van der Waals surface area contributed by atoms with Crippen molar-refractivity contribution < 1.29 is 4.74 Å². The van der Waals surface area contributed by atoms with Crippen molar-refractivity contribution in [2.75, 3.05) is 53.4 Å². The van der Waals surface area contributed by atoms with E-state index in [1.54, 1.807) is 6.33 Å². The standard InChI is InChI=1S/C27H33N7O/c1-32-7-5-21(6-8-32)35-27-23-14-20(3-4-25(23)30-18-31-27)24-16-29-26-22(24)13-19(15-28-26)17-34-11-9-33(2)10-12-34/h3-4,13-16,18,21H,5-12,17H2,1-2H3,(H,28,29). The van der Waals surface area contributed by atoms with Crippen molar-refractivity contribution in [1.29, 1.82) is 0 Å². The largest absolute Gasteiger partial charge is 0.474 e. The number of ether oxygens (including phenoxy) is 1. The van der Waals surface area contributed by atoms with Crippen LogP contribution in [0.3, 0.4) is 0 Å². The van der Waals surface area contributed by atoms with E-state index in [9.17, 15) is 0 Å². The van der Waals surface area contributed by atoms with Crippen LogP contribution in [0.25, 0.3) is 33.1 Å². The third-order valence-corrected chi connectivity index (χ3v) is 7.44. The molecule has 0 aliphatic carbocycles. The maximum absolute atomic E-state index is 6.38. The van der Waals surface area contributed by atoms with E-state index in [1.165, 1.54) is 5.56 Å². The minimum atomic E-state index is 0.197. The summed E-state index contributed by atoms with van der Waals surface area (Å²) in [6.07, 6.45) is 7.90. The third kappa shape index (κ3) is 4.74. The van der Waals surface area contributed by atoms with Gasteiger partial charge in [0.05, 0.1) is 10.9 Å². The molecule has 0 unspecified atom stereocenters. The molecule has 2 aliphatic rings. The summed E-state index contributed by atoms with van der Waals surface area (Å²) >= 11 is 0. The average molecular weight is 472 g/mol. The van der Waals surface area contributed by atoms with E-state index in [2.05, 4.69) is 74.2 Å². The monoisotopic (exact) mass is 471 g/mol. The van der Waals surface area contributed by atoms with E-state index in [0.717, 1.165) is 91.7 Å². The Hall–Kier alpha value is -3.07. The number of benzene rings is 1. The fraction of sp³-hybridized carbons (Fsp3) is 0.444. The van der Waals surface area contributed by atoms with E-state index in [-0.39, 0.29) is 6.10 Å². The van der Waals surface area contributed by atoms with Gasteiger partial charge in [0.1, 0.15) is 18.1 Å². The van der Waals surface area contributed by atoms with Gasteiger partial charge in [-0.25, -0.2) is 15.0 Å². The van der Waals surface area contributed by atoms with E-state index >= 15 is 0 Å². The zero-order chi connectivity index (χ0) is 23.8. The highest BCUT2D eigenvalue weighted by Gasteiger charge is 2.20. The first-order valence-electron chi connectivity index (χ1n) is 12.6. The van der Waals surface area contributed by atoms with E-state index in [4.69, 9.17) is 9.72 Å². The first kappa shape index (κ1) is 22.4. The molecule has 8 nitrogen and oxygen atoms in total. The Morgan fingerprint density at radius 3 is 2.54 bits per heavy atom. The van der Waals surface area contributed by atoms with E-state index in [0.29, 0.717) is 5.88 Å². The lowest BCUT2D eigenvalue weighted by Gasteiger charge is -2.32. The Balaban J connectivity index is 1.30. The smallest absolute Gasteiger partial charge is 0.224 e. The second-order valence-electron chi connectivity index (χ2n) is 10.1. The van der Waals surface area contributed by atoms with Crippen molar-refractivity contribution in [3.8, 4) is 17.0 Å². The molecule has 4 aromatic rings. The summed E-state index contributed by atoms with van der Waals surface area (Å²) in [5, 5.41) is 2.10. The van der Waals surface area contributed by atoms with Gasteiger partial charge in [0, 0.05) is 69.2 Å². The number of nitrogens with zero attached hydrogens (tertiary/aromatic N) is 6. The van der Waals surface area contributed by atoms with Crippen LogP contribution in [0.2, 0.25) is 0 Å². The number of aromatic amines is 1. The molecule has 0 spiro atoms. The molecule has 182 valence electrons. The molecule has 0 atom stereocenters. The first-order valence-corrected chi connectivity index (χ1v) is 12.6. The molecule has 5 heterocycles. The molecule has 2 saturated heterocycles. The van der Waals surface area contributed by atoms with Crippen LogP contribution in [0.4, 0.5) is 0 Å².